The first-order valence-electron chi connectivity index (χ1n) is 10.1. The molecular weight excluding hydrogens is 354 g/mol. The molecule has 0 aromatic carbocycles. The van der Waals surface area contributed by atoms with Gasteiger partial charge in [-0.2, -0.15) is 19.6 Å². The van der Waals surface area contributed by atoms with Gasteiger partial charge in [0.2, 0.25) is 11.9 Å². The highest BCUT2D eigenvalue weighted by atomic mass is 16.5. The summed E-state index contributed by atoms with van der Waals surface area (Å²) in [5, 5.41) is 11.5. The van der Waals surface area contributed by atoms with Gasteiger partial charge in [-0.25, -0.2) is 0 Å². The number of ether oxygens (including phenoxy) is 1. The largest absolute Gasteiger partial charge is 0.399 e. The maximum Gasteiger partial charge on any atom is 0.229 e. The lowest BCUT2D eigenvalue weighted by molar-refractivity contribution is 0.0903. The highest BCUT2D eigenvalue weighted by Crippen LogP contribution is 2.23. The van der Waals surface area contributed by atoms with Gasteiger partial charge in [-0.15, -0.1) is 0 Å². The van der Waals surface area contributed by atoms with Gasteiger partial charge in [0.15, 0.2) is 5.65 Å². The number of nitrogens with two attached hydrogens (primary N) is 1. The molecule has 0 unspecified atom stereocenters. The zero-order valence-corrected chi connectivity index (χ0v) is 16.6. The molecule has 1 fully saturated rings. The van der Waals surface area contributed by atoms with Crippen LogP contribution in [0.4, 0.5) is 11.9 Å². The van der Waals surface area contributed by atoms with Gasteiger partial charge in [-0.3, -0.25) is 0 Å². The van der Waals surface area contributed by atoms with E-state index in [9.17, 15) is 0 Å². The highest BCUT2D eigenvalue weighted by molar-refractivity contribution is 5.56. The van der Waals surface area contributed by atoms with Crippen LogP contribution < -0.4 is 16.4 Å². The summed E-state index contributed by atoms with van der Waals surface area (Å²) in [6.45, 7) is 6.55. The van der Waals surface area contributed by atoms with Gasteiger partial charge in [0, 0.05) is 37.1 Å². The molecule has 0 amide bonds. The molecular formula is C20H29N7O. The van der Waals surface area contributed by atoms with Crippen LogP contribution >= 0.6 is 0 Å². The van der Waals surface area contributed by atoms with E-state index in [1.165, 1.54) is 5.57 Å². The molecule has 3 heterocycles. The maximum absolute atomic E-state index is 5.94. The summed E-state index contributed by atoms with van der Waals surface area (Å²) in [6, 6.07) is 0.334. The van der Waals surface area contributed by atoms with E-state index in [1.807, 2.05) is 12.3 Å². The van der Waals surface area contributed by atoms with Gasteiger partial charge in [0.25, 0.3) is 0 Å². The Balaban J connectivity index is 1.62. The second-order valence-corrected chi connectivity index (χ2v) is 7.79. The van der Waals surface area contributed by atoms with Crippen LogP contribution in [0, 0.1) is 0 Å². The fourth-order valence-corrected chi connectivity index (χ4v) is 3.63. The quantitative estimate of drug-likeness (QED) is 0.705. The van der Waals surface area contributed by atoms with E-state index in [-0.39, 0.29) is 0 Å². The average molecular weight is 384 g/mol. The molecule has 2 aromatic heterocycles. The van der Waals surface area contributed by atoms with Crippen LogP contribution in [0.5, 0.6) is 0 Å². The monoisotopic (exact) mass is 383 g/mol. The minimum Gasteiger partial charge on any atom is -0.399 e. The summed E-state index contributed by atoms with van der Waals surface area (Å²) >= 11 is 0. The van der Waals surface area contributed by atoms with Crippen molar-refractivity contribution in [1.29, 1.82) is 0 Å². The number of aromatic nitrogens is 4. The lowest BCUT2D eigenvalue weighted by Crippen LogP contribution is -2.29. The number of nitrogens with zero attached hydrogens (tertiary/aromatic N) is 4. The van der Waals surface area contributed by atoms with Crippen molar-refractivity contribution in [3.05, 3.63) is 35.2 Å². The lowest BCUT2D eigenvalue weighted by atomic mass is 10.0. The summed E-state index contributed by atoms with van der Waals surface area (Å²) in [5.41, 5.74) is 10.0. The van der Waals surface area contributed by atoms with E-state index in [0.29, 0.717) is 30.4 Å². The number of rotatable bonds is 6. The van der Waals surface area contributed by atoms with Gasteiger partial charge >= 0.3 is 0 Å². The fraction of sp³-hybridized carbons (Fsp3) is 0.550. The van der Waals surface area contributed by atoms with Crippen LogP contribution in [0.25, 0.3) is 5.65 Å². The van der Waals surface area contributed by atoms with E-state index < -0.39 is 0 Å². The van der Waals surface area contributed by atoms with Gasteiger partial charge < -0.3 is 21.1 Å². The molecule has 0 atom stereocenters. The van der Waals surface area contributed by atoms with Gasteiger partial charge in [0.1, 0.15) is 0 Å². The predicted molar refractivity (Wildman–Crippen MR) is 110 cm³/mol. The van der Waals surface area contributed by atoms with Gasteiger partial charge in [-0.05, 0) is 43.3 Å². The van der Waals surface area contributed by atoms with Crippen LogP contribution in [-0.4, -0.2) is 45.4 Å². The van der Waals surface area contributed by atoms with Crippen LogP contribution in [0.1, 0.15) is 51.0 Å². The molecule has 0 saturated carbocycles. The van der Waals surface area contributed by atoms with E-state index in [0.717, 1.165) is 55.8 Å². The molecule has 1 saturated heterocycles. The molecule has 8 heteroatoms. The number of nitrogens with one attached hydrogen (secondary N) is 2. The van der Waals surface area contributed by atoms with Crippen LogP contribution in [0.15, 0.2) is 29.6 Å². The minimum absolute atomic E-state index is 0.334. The predicted octanol–water partition coefficient (Wildman–Crippen LogP) is 2.81. The number of hydrogen-bond acceptors (Lipinski definition) is 7. The third kappa shape index (κ3) is 4.11. The topological polar surface area (TPSA) is 102 Å². The summed E-state index contributed by atoms with van der Waals surface area (Å²) in [5.74, 6) is 1.67. The second-order valence-electron chi connectivity index (χ2n) is 7.79. The zero-order chi connectivity index (χ0) is 19.5. The molecule has 28 heavy (non-hydrogen) atoms. The average Bonchev–Trinajstić information content (AvgIpc) is 3.11. The van der Waals surface area contributed by atoms with E-state index in [4.69, 9.17) is 20.4 Å². The number of fused-ring (bicyclic) bond motifs is 1. The number of anilines is 2. The first-order valence-corrected chi connectivity index (χ1v) is 10.1. The minimum atomic E-state index is 0.334. The van der Waals surface area contributed by atoms with Gasteiger partial charge in [-0.1, -0.05) is 19.9 Å². The van der Waals surface area contributed by atoms with Crippen molar-refractivity contribution < 1.29 is 4.74 Å². The molecule has 150 valence electrons. The van der Waals surface area contributed by atoms with Crippen molar-refractivity contribution in [2.75, 3.05) is 30.4 Å². The summed E-state index contributed by atoms with van der Waals surface area (Å²) < 4.78 is 7.25. The standard InChI is InChI=1S/C20H29N7O/c1-13(2)17-12-23-27-18(17)25-19(24-16-6-8-28-9-7-16)26-20(27)22-11-14-4-3-5-15(21)10-14/h5,10,12-13,16H,3-4,6-9,11,21H2,1-2H3,(H2,22,24,25,26). The summed E-state index contributed by atoms with van der Waals surface area (Å²) in [4.78, 5) is 9.50. The molecule has 2 aliphatic rings. The van der Waals surface area contributed by atoms with Gasteiger partial charge in [0.05, 0.1) is 6.20 Å². The zero-order valence-electron chi connectivity index (χ0n) is 16.6. The van der Waals surface area contributed by atoms with Crippen molar-refractivity contribution in [2.45, 2.75) is 51.5 Å². The molecule has 4 rings (SSSR count). The maximum atomic E-state index is 5.94. The van der Waals surface area contributed by atoms with Crippen LogP contribution in [0.3, 0.4) is 0 Å². The Bertz CT molecular complexity index is 893. The third-order valence-electron chi connectivity index (χ3n) is 5.26. The van der Waals surface area contributed by atoms with Crippen LogP contribution in [0.2, 0.25) is 0 Å². The smallest absolute Gasteiger partial charge is 0.229 e. The Hall–Kier alpha value is -2.61. The van der Waals surface area contributed by atoms with Crippen molar-refractivity contribution in [1.82, 2.24) is 19.6 Å². The van der Waals surface area contributed by atoms with E-state index >= 15 is 0 Å². The Labute approximate surface area is 165 Å². The first-order chi connectivity index (χ1) is 13.6. The molecule has 0 radical (unpaired) electrons. The molecule has 1 aliphatic carbocycles. The molecule has 1 aliphatic heterocycles. The fourth-order valence-electron chi connectivity index (χ4n) is 3.63. The summed E-state index contributed by atoms with van der Waals surface area (Å²) in [6.07, 6.45) is 9.90. The van der Waals surface area contributed by atoms with Crippen molar-refractivity contribution in [3.63, 3.8) is 0 Å². The Morgan fingerprint density at radius 2 is 2.11 bits per heavy atom. The van der Waals surface area contributed by atoms with Crippen molar-refractivity contribution in [3.8, 4) is 0 Å². The Kier molecular flexibility index (Phi) is 5.47. The van der Waals surface area contributed by atoms with Crippen molar-refractivity contribution in [2.24, 2.45) is 5.73 Å². The Morgan fingerprint density at radius 1 is 1.29 bits per heavy atom. The third-order valence-corrected chi connectivity index (χ3v) is 5.26. The molecule has 8 nitrogen and oxygen atoms in total. The lowest BCUT2D eigenvalue weighted by Gasteiger charge is -2.23. The molecule has 4 N–H and O–H groups in total. The van der Waals surface area contributed by atoms with Crippen molar-refractivity contribution >= 4 is 17.5 Å². The highest BCUT2D eigenvalue weighted by Gasteiger charge is 2.19. The number of allylic oxidation sites excluding steroid dienone is 2. The molecule has 0 bridgehead atoms. The number of hydrogen-bond donors (Lipinski definition) is 3. The first kappa shape index (κ1) is 18.7. The molecule has 2 aromatic rings. The Morgan fingerprint density at radius 3 is 2.86 bits per heavy atom. The van der Waals surface area contributed by atoms with E-state index in [2.05, 4.69) is 35.7 Å². The summed E-state index contributed by atoms with van der Waals surface area (Å²) in [7, 11) is 0. The normalized spacial score (nSPS) is 18.2. The SMILES string of the molecule is CC(C)c1cnn2c(NCC3=CC(N)=CCC3)nc(NC3CCOCC3)nc12. The van der Waals surface area contributed by atoms with E-state index in [1.54, 1.807) is 4.52 Å². The second kappa shape index (κ2) is 8.18. The van der Waals surface area contributed by atoms with Crippen LogP contribution in [-0.2, 0) is 4.74 Å². The molecule has 0 spiro atoms.